The second-order valence-electron chi connectivity index (χ2n) is 9.09. The average Bonchev–Trinajstić information content (AvgIpc) is 3.11. The van der Waals surface area contributed by atoms with Crippen LogP contribution in [0.2, 0.25) is 0 Å². The maximum absolute atomic E-state index is 13.3. The fourth-order valence-corrected chi connectivity index (χ4v) is 6.32. The zero-order valence-electron chi connectivity index (χ0n) is 19.5. The molecule has 0 radical (unpaired) electrons. The smallest absolute Gasteiger partial charge is 0.243 e. The maximum atomic E-state index is 13.3. The second-order valence-corrected chi connectivity index (χ2v) is 11.0. The Bertz CT molecular complexity index is 1160. The van der Waals surface area contributed by atoms with Gasteiger partial charge < -0.3 is 19.3 Å². The van der Waals surface area contributed by atoms with Crippen LogP contribution in [-0.2, 0) is 21.2 Å². The van der Waals surface area contributed by atoms with Gasteiger partial charge in [0.1, 0.15) is 0 Å². The second kappa shape index (κ2) is 9.46. The largest absolute Gasteiger partial charge is 0.490 e. The van der Waals surface area contributed by atoms with Gasteiger partial charge in [-0.25, -0.2) is 8.42 Å². The highest BCUT2D eigenvalue weighted by molar-refractivity contribution is 7.89. The number of carbonyl (C=O) groups is 1. The number of ether oxygens (including phenoxy) is 2. The van der Waals surface area contributed by atoms with Gasteiger partial charge in [-0.3, -0.25) is 4.79 Å². The quantitative estimate of drug-likeness (QED) is 0.662. The molecule has 2 aromatic rings. The summed E-state index contributed by atoms with van der Waals surface area (Å²) in [5.74, 6) is 1.07. The minimum atomic E-state index is -3.68. The van der Waals surface area contributed by atoms with Crippen molar-refractivity contribution in [2.75, 3.05) is 50.8 Å². The van der Waals surface area contributed by atoms with Crippen LogP contribution >= 0.6 is 0 Å². The van der Waals surface area contributed by atoms with Crippen molar-refractivity contribution in [3.63, 3.8) is 0 Å². The van der Waals surface area contributed by atoms with Gasteiger partial charge in [0.25, 0.3) is 0 Å². The summed E-state index contributed by atoms with van der Waals surface area (Å²) in [6.45, 7) is 4.83. The summed E-state index contributed by atoms with van der Waals surface area (Å²) in [5, 5.41) is 0. The van der Waals surface area contributed by atoms with Gasteiger partial charge in [0.05, 0.1) is 24.7 Å². The molecular formula is C25H31N3O5S. The van der Waals surface area contributed by atoms with Crippen LogP contribution in [0, 0.1) is 0 Å². The molecular weight excluding hydrogens is 454 g/mol. The van der Waals surface area contributed by atoms with E-state index < -0.39 is 10.0 Å². The Morgan fingerprint density at radius 1 is 1.00 bits per heavy atom. The van der Waals surface area contributed by atoms with Crippen molar-refractivity contribution < 1.29 is 22.7 Å². The van der Waals surface area contributed by atoms with E-state index in [1.54, 1.807) is 23.1 Å². The fraction of sp³-hybridized carbons (Fsp3) is 0.480. The van der Waals surface area contributed by atoms with Gasteiger partial charge in [-0.15, -0.1) is 0 Å². The van der Waals surface area contributed by atoms with Crippen molar-refractivity contribution in [3.8, 4) is 11.5 Å². The molecule has 0 spiro atoms. The summed E-state index contributed by atoms with van der Waals surface area (Å²) in [5.41, 5.74) is 2.41. The normalized spacial score (nSPS) is 21.0. The van der Waals surface area contributed by atoms with Crippen LogP contribution in [0.1, 0.15) is 25.3 Å². The SMILES string of the molecule is C[C@H]1CCc2ccccc2N1CC(=O)N1CCN(S(=O)(=O)c2ccc3c(c2)OCCCO3)CC1. The monoisotopic (exact) mass is 485 g/mol. The lowest BCUT2D eigenvalue weighted by Gasteiger charge is -2.39. The molecule has 3 heterocycles. The summed E-state index contributed by atoms with van der Waals surface area (Å²) in [4.78, 5) is 17.3. The molecule has 5 rings (SSSR count). The van der Waals surface area contributed by atoms with Gasteiger partial charge in [-0.05, 0) is 43.5 Å². The van der Waals surface area contributed by atoms with E-state index in [2.05, 4.69) is 24.0 Å². The molecule has 3 aliphatic heterocycles. The summed E-state index contributed by atoms with van der Waals surface area (Å²) >= 11 is 0. The van der Waals surface area contributed by atoms with Crippen LogP contribution in [-0.4, -0.2) is 75.5 Å². The first-order valence-electron chi connectivity index (χ1n) is 12.0. The van der Waals surface area contributed by atoms with E-state index in [4.69, 9.17) is 9.47 Å². The lowest BCUT2D eigenvalue weighted by molar-refractivity contribution is -0.131. The molecule has 8 nitrogen and oxygen atoms in total. The molecule has 1 saturated heterocycles. The van der Waals surface area contributed by atoms with Crippen molar-refractivity contribution >= 4 is 21.6 Å². The Hall–Kier alpha value is -2.78. The number of hydrogen-bond donors (Lipinski definition) is 0. The molecule has 182 valence electrons. The highest BCUT2D eigenvalue weighted by Gasteiger charge is 2.32. The Kier molecular flexibility index (Phi) is 6.40. The standard InChI is InChI=1S/C25H31N3O5S/c1-19-7-8-20-5-2-3-6-22(20)28(19)18-25(29)26-11-13-27(14-12-26)34(30,31)21-9-10-23-24(17-21)33-16-4-15-32-23/h2-3,5-6,9-10,17,19H,4,7-8,11-16,18H2,1H3/t19-/m0/s1. The molecule has 0 unspecified atom stereocenters. The molecule has 9 heteroatoms. The molecule has 34 heavy (non-hydrogen) atoms. The fourth-order valence-electron chi connectivity index (χ4n) is 4.88. The summed E-state index contributed by atoms with van der Waals surface area (Å²) < 4.78 is 39.2. The molecule has 0 bridgehead atoms. The van der Waals surface area contributed by atoms with Crippen LogP contribution in [0.4, 0.5) is 5.69 Å². The van der Waals surface area contributed by atoms with Crippen LogP contribution in [0.15, 0.2) is 47.4 Å². The number of hydrogen-bond acceptors (Lipinski definition) is 6. The molecule has 2 aromatic carbocycles. The Balaban J connectivity index is 1.23. The van der Waals surface area contributed by atoms with E-state index in [0.717, 1.165) is 24.9 Å². The van der Waals surface area contributed by atoms with Gasteiger partial charge >= 0.3 is 0 Å². The van der Waals surface area contributed by atoms with Crippen LogP contribution in [0.5, 0.6) is 11.5 Å². The number of sulfonamides is 1. The molecule has 1 fully saturated rings. The molecule has 0 N–H and O–H groups in total. The number of aryl methyl sites for hydroxylation is 1. The minimum Gasteiger partial charge on any atom is -0.490 e. The van der Waals surface area contributed by atoms with E-state index in [1.165, 1.54) is 9.87 Å². The maximum Gasteiger partial charge on any atom is 0.243 e. The highest BCUT2D eigenvalue weighted by atomic mass is 32.2. The average molecular weight is 486 g/mol. The summed E-state index contributed by atoms with van der Waals surface area (Å²) in [7, 11) is -3.68. The number of rotatable bonds is 4. The van der Waals surface area contributed by atoms with Crippen LogP contribution < -0.4 is 14.4 Å². The predicted octanol–water partition coefficient (Wildman–Crippen LogP) is 2.52. The van der Waals surface area contributed by atoms with Crippen molar-refractivity contribution in [1.82, 2.24) is 9.21 Å². The molecule has 0 saturated carbocycles. The zero-order valence-corrected chi connectivity index (χ0v) is 20.3. The third-order valence-electron chi connectivity index (χ3n) is 6.92. The summed E-state index contributed by atoms with van der Waals surface area (Å²) in [6.07, 6.45) is 2.80. The molecule has 3 aliphatic rings. The Morgan fingerprint density at radius 2 is 1.74 bits per heavy atom. The van der Waals surface area contributed by atoms with Crippen LogP contribution in [0.3, 0.4) is 0 Å². The number of fused-ring (bicyclic) bond motifs is 2. The van der Waals surface area contributed by atoms with E-state index >= 15 is 0 Å². The van der Waals surface area contributed by atoms with Gasteiger partial charge in [0, 0.05) is 50.4 Å². The third-order valence-corrected chi connectivity index (χ3v) is 8.81. The van der Waals surface area contributed by atoms with Crippen molar-refractivity contribution in [2.24, 2.45) is 0 Å². The first kappa shape index (κ1) is 23.0. The number of nitrogens with zero attached hydrogens (tertiary/aromatic N) is 3. The molecule has 0 aromatic heterocycles. The molecule has 1 atom stereocenters. The van der Waals surface area contributed by atoms with Crippen molar-refractivity contribution in [2.45, 2.75) is 37.1 Å². The van der Waals surface area contributed by atoms with Crippen molar-refractivity contribution in [3.05, 3.63) is 48.0 Å². The first-order chi connectivity index (χ1) is 16.4. The zero-order chi connectivity index (χ0) is 23.7. The van der Waals surface area contributed by atoms with Gasteiger partial charge in [-0.2, -0.15) is 4.31 Å². The first-order valence-corrected chi connectivity index (χ1v) is 13.4. The van der Waals surface area contributed by atoms with Crippen molar-refractivity contribution in [1.29, 1.82) is 0 Å². The Morgan fingerprint density at radius 3 is 2.53 bits per heavy atom. The van der Waals surface area contributed by atoms with Gasteiger partial charge in [-0.1, -0.05) is 18.2 Å². The highest BCUT2D eigenvalue weighted by Crippen LogP contribution is 2.33. The number of piperazine rings is 1. The van der Waals surface area contributed by atoms with Gasteiger partial charge in [0.15, 0.2) is 11.5 Å². The predicted molar refractivity (Wildman–Crippen MR) is 129 cm³/mol. The van der Waals surface area contributed by atoms with Crippen LogP contribution in [0.25, 0.3) is 0 Å². The number of anilines is 1. The number of amides is 1. The van der Waals surface area contributed by atoms with E-state index in [-0.39, 0.29) is 23.9 Å². The van der Waals surface area contributed by atoms with E-state index in [9.17, 15) is 13.2 Å². The van der Waals surface area contributed by atoms with E-state index in [0.29, 0.717) is 50.4 Å². The lowest BCUT2D eigenvalue weighted by atomic mass is 9.96. The Labute approximate surface area is 201 Å². The van der Waals surface area contributed by atoms with Gasteiger partial charge in [0.2, 0.25) is 15.9 Å². The summed E-state index contributed by atoms with van der Waals surface area (Å²) in [6, 6.07) is 13.3. The number of carbonyl (C=O) groups excluding carboxylic acids is 1. The number of benzene rings is 2. The molecule has 0 aliphatic carbocycles. The molecule has 1 amide bonds. The number of para-hydroxylation sites is 1. The third kappa shape index (κ3) is 4.46. The topological polar surface area (TPSA) is 79.4 Å². The minimum absolute atomic E-state index is 0.0381. The lowest BCUT2D eigenvalue weighted by Crippen LogP contribution is -2.53. The van der Waals surface area contributed by atoms with E-state index in [1.807, 2.05) is 12.1 Å².